The summed E-state index contributed by atoms with van der Waals surface area (Å²) in [6.45, 7) is 13.8. The summed E-state index contributed by atoms with van der Waals surface area (Å²) in [5, 5.41) is 1.40. The molecule has 0 N–H and O–H groups in total. The minimum Gasteiger partial charge on any atom is -0.490 e. The summed E-state index contributed by atoms with van der Waals surface area (Å²) in [4.78, 5) is 2.96. The monoisotopic (exact) mass is 340 g/mol. The van der Waals surface area contributed by atoms with Crippen LogP contribution in [0.25, 0.3) is 6.08 Å². The summed E-state index contributed by atoms with van der Waals surface area (Å²) in [6, 6.07) is 10.9. The van der Waals surface area contributed by atoms with Crippen molar-refractivity contribution >= 4 is 30.7 Å². The molecule has 1 aromatic carbocycles. The Morgan fingerprint density at radius 3 is 2.74 bits per heavy atom. The highest BCUT2D eigenvalue weighted by Gasteiger charge is 2.41. The third-order valence-electron chi connectivity index (χ3n) is 4.67. The molecule has 1 atom stereocenters. The van der Waals surface area contributed by atoms with Gasteiger partial charge in [0.15, 0.2) is 0 Å². The molecule has 0 fully saturated rings. The predicted octanol–water partition coefficient (Wildman–Crippen LogP) is 5.28. The van der Waals surface area contributed by atoms with Gasteiger partial charge < -0.3 is 4.74 Å². The first kappa shape index (κ1) is 16.3. The number of rotatable bonds is 5. The van der Waals surface area contributed by atoms with Crippen molar-refractivity contribution in [1.82, 2.24) is 0 Å². The maximum atomic E-state index is 5.96. The van der Waals surface area contributed by atoms with Crippen LogP contribution in [0.15, 0.2) is 48.6 Å². The lowest BCUT2D eigenvalue weighted by Gasteiger charge is -2.33. The minimum absolute atomic E-state index is 0.546. The predicted molar refractivity (Wildman–Crippen MR) is 105 cm³/mol. The zero-order valence-corrected chi connectivity index (χ0v) is 16.2. The van der Waals surface area contributed by atoms with Crippen LogP contribution in [0.2, 0.25) is 13.1 Å². The van der Waals surface area contributed by atoms with E-state index in [1.54, 1.807) is 4.88 Å². The molecule has 0 spiro atoms. The Morgan fingerprint density at radius 2 is 2.00 bits per heavy atom. The standard InChI is InChI=1S/C20H24OSSi/c1-6-11-21-17-9-7-8-10-18(17)23(4,5)20-14(2)12-16-13-15(3)22-19(16)20/h6-10,12-13,20H,1,11H2,2-5H3. The number of fused-ring (bicyclic) bond motifs is 1. The van der Waals surface area contributed by atoms with Gasteiger partial charge in [0.2, 0.25) is 0 Å². The van der Waals surface area contributed by atoms with Crippen LogP contribution in [0, 0.1) is 6.92 Å². The highest BCUT2D eigenvalue weighted by atomic mass is 32.1. The van der Waals surface area contributed by atoms with Crippen LogP contribution in [0.3, 0.4) is 0 Å². The number of benzene rings is 1. The lowest BCUT2D eigenvalue weighted by Crippen LogP contribution is -2.48. The molecule has 1 heterocycles. The van der Waals surface area contributed by atoms with Crippen LogP contribution in [0.1, 0.15) is 27.8 Å². The average Bonchev–Trinajstić information content (AvgIpc) is 2.99. The Morgan fingerprint density at radius 1 is 1.26 bits per heavy atom. The molecular weight excluding hydrogens is 316 g/mol. The molecule has 2 aromatic rings. The molecule has 0 bridgehead atoms. The van der Waals surface area contributed by atoms with Crippen molar-refractivity contribution in [2.24, 2.45) is 0 Å². The lowest BCUT2D eigenvalue weighted by atomic mass is 10.3. The van der Waals surface area contributed by atoms with Gasteiger partial charge in [-0.15, -0.1) is 11.3 Å². The highest BCUT2D eigenvalue weighted by molar-refractivity contribution is 7.13. The van der Waals surface area contributed by atoms with E-state index >= 15 is 0 Å². The van der Waals surface area contributed by atoms with Gasteiger partial charge >= 0.3 is 0 Å². The Kier molecular flexibility index (Phi) is 4.34. The van der Waals surface area contributed by atoms with E-state index in [0.29, 0.717) is 12.1 Å². The van der Waals surface area contributed by atoms with E-state index in [-0.39, 0.29) is 0 Å². The van der Waals surface area contributed by atoms with Crippen LogP contribution >= 0.6 is 11.3 Å². The fraction of sp³-hybridized carbons (Fsp3) is 0.300. The van der Waals surface area contributed by atoms with E-state index in [2.05, 4.69) is 69.9 Å². The molecule has 120 valence electrons. The van der Waals surface area contributed by atoms with Crippen LogP contribution in [-0.2, 0) is 0 Å². The number of hydrogen-bond acceptors (Lipinski definition) is 2. The van der Waals surface area contributed by atoms with Crippen LogP contribution in [0.5, 0.6) is 5.75 Å². The van der Waals surface area contributed by atoms with E-state index in [0.717, 1.165) is 5.75 Å². The van der Waals surface area contributed by atoms with Gasteiger partial charge in [0.05, 0.1) is 8.07 Å². The molecule has 0 saturated heterocycles. The molecule has 0 aliphatic heterocycles. The van der Waals surface area contributed by atoms with Crippen molar-refractivity contribution in [3.05, 3.63) is 63.9 Å². The van der Waals surface area contributed by atoms with Crippen molar-refractivity contribution < 1.29 is 4.74 Å². The second-order valence-electron chi connectivity index (χ2n) is 6.82. The fourth-order valence-electron chi connectivity index (χ4n) is 3.75. The molecule has 0 saturated carbocycles. The Bertz CT molecular complexity index is 770. The fourth-order valence-corrected chi connectivity index (χ4v) is 9.56. The SMILES string of the molecule is C=CCOc1ccccc1[Si](C)(C)C1C(C)=Cc2cc(C)sc21. The van der Waals surface area contributed by atoms with Crippen molar-refractivity contribution in [3.63, 3.8) is 0 Å². The molecule has 1 nitrogen and oxygen atoms in total. The van der Waals surface area contributed by atoms with E-state index < -0.39 is 8.07 Å². The van der Waals surface area contributed by atoms with E-state index in [1.807, 2.05) is 17.4 Å². The van der Waals surface area contributed by atoms with E-state index in [4.69, 9.17) is 4.74 Å². The largest absolute Gasteiger partial charge is 0.490 e. The summed E-state index contributed by atoms with van der Waals surface area (Å²) in [5.41, 5.74) is 3.48. The molecule has 1 aromatic heterocycles. The van der Waals surface area contributed by atoms with E-state index in [9.17, 15) is 0 Å². The zero-order chi connectivity index (χ0) is 16.6. The van der Waals surface area contributed by atoms with Gasteiger partial charge in [0.1, 0.15) is 12.4 Å². The molecule has 23 heavy (non-hydrogen) atoms. The lowest BCUT2D eigenvalue weighted by molar-refractivity contribution is 0.366. The van der Waals surface area contributed by atoms with Gasteiger partial charge in [-0.2, -0.15) is 0 Å². The second-order valence-corrected chi connectivity index (χ2v) is 12.7. The number of para-hydroxylation sites is 1. The maximum Gasteiger partial charge on any atom is 0.119 e. The number of ether oxygens (including phenoxy) is 1. The minimum atomic E-state index is -1.76. The maximum absolute atomic E-state index is 5.96. The van der Waals surface area contributed by atoms with Crippen LogP contribution < -0.4 is 9.92 Å². The summed E-state index contributed by atoms with van der Waals surface area (Å²) < 4.78 is 5.96. The Hall–Kier alpha value is -1.58. The van der Waals surface area contributed by atoms with Crippen molar-refractivity contribution in [2.75, 3.05) is 6.61 Å². The average molecular weight is 341 g/mol. The molecule has 3 heteroatoms. The molecule has 1 unspecified atom stereocenters. The first-order valence-electron chi connectivity index (χ1n) is 8.07. The summed E-state index contributed by atoms with van der Waals surface area (Å²) in [6.07, 6.45) is 4.19. The third-order valence-corrected chi connectivity index (χ3v) is 10.0. The Balaban J connectivity index is 2.05. The highest BCUT2D eigenvalue weighted by Crippen LogP contribution is 2.46. The summed E-state index contributed by atoms with van der Waals surface area (Å²) >= 11 is 1.96. The number of thiophene rings is 1. The zero-order valence-electron chi connectivity index (χ0n) is 14.3. The first-order chi connectivity index (χ1) is 10.9. The number of hydrogen-bond donors (Lipinski definition) is 0. The molecule has 1 aliphatic carbocycles. The van der Waals surface area contributed by atoms with Crippen molar-refractivity contribution in [3.8, 4) is 5.75 Å². The van der Waals surface area contributed by atoms with E-state index in [1.165, 1.54) is 21.2 Å². The van der Waals surface area contributed by atoms with Crippen LogP contribution in [0.4, 0.5) is 0 Å². The van der Waals surface area contributed by atoms with Gasteiger partial charge in [-0.1, -0.05) is 55.6 Å². The normalized spacial score (nSPS) is 16.9. The summed E-state index contributed by atoms with van der Waals surface area (Å²) in [7, 11) is -1.76. The van der Waals surface area contributed by atoms with Crippen molar-refractivity contribution in [1.29, 1.82) is 0 Å². The number of aryl methyl sites for hydroxylation is 1. The molecule has 0 radical (unpaired) electrons. The van der Waals surface area contributed by atoms with Gasteiger partial charge in [-0.3, -0.25) is 0 Å². The summed E-state index contributed by atoms with van der Waals surface area (Å²) in [5.74, 6) is 1.03. The quantitative estimate of drug-likeness (QED) is 0.532. The molecule has 3 rings (SSSR count). The topological polar surface area (TPSA) is 9.23 Å². The Labute approximate surface area is 144 Å². The van der Waals surface area contributed by atoms with Gasteiger partial charge in [0, 0.05) is 15.3 Å². The first-order valence-corrected chi connectivity index (χ1v) is 12.0. The van der Waals surface area contributed by atoms with Gasteiger partial charge in [-0.05, 0) is 36.7 Å². The third kappa shape index (κ3) is 2.84. The molecule has 1 aliphatic rings. The van der Waals surface area contributed by atoms with Gasteiger partial charge in [0.25, 0.3) is 0 Å². The van der Waals surface area contributed by atoms with Gasteiger partial charge in [-0.25, -0.2) is 0 Å². The molecular formula is C20H24OSSi. The molecule has 0 amide bonds. The van der Waals surface area contributed by atoms with Crippen molar-refractivity contribution in [2.45, 2.75) is 32.5 Å². The number of allylic oxidation sites excluding steroid dienone is 1. The smallest absolute Gasteiger partial charge is 0.119 e. The van der Waals surface area contributed by atoms with Crippen LogP contribution in [-0.4, -0.2) is 14.7 Å². The second kappa shape index (κ2) is 6.14.